The Morgan fingerprint density at radius 2 is 2.00 bits per heavy atom. The topological polar surface area (TPSA) is 97.8 Å². The molecule has 1 amide bonds. The zero-order valence-corrected chi connectivity index (χ0v) is 13.7. The molecule has 7 nitrogen and oxygen atoms in total. The fourth-order valence-corrected chi connectivity index (χ4v) is 2.43. The molecule has 130 valence electrons. The maximum atomic E-state index is 12.1. The van der Waals surface area contributed by atoms with Gasteiger partial charge in [-0.25, -0.2) is 4.98 Å². The first kappa shape index (κ1) is 16.8. The number of carboxylic acids is 1. The van der Waals surface area contributed by atoms with Gasteiger partial charge in [-0.15, -0.1) is 0 Å². The van der Waals surface area contributed by atoms with Gasteiger partial charge < -0.3 is 19.9 Å². The van der Waals surface area contributed by atoms with Gasteiger partial charge in [-0.3, -0.25) is 9.59 Å². The Balaban J connectivity index is 1.71. The van der Waals surface area contributed by atoms with Gasteiger partial charge in [0.1, 0.15) is 16.9 Å². The van der Waals surface area contributed by atoms with Crippen molar-refractivity contribution in [1.29, 1.82) is 0 Å². The number of methoxy groups -OCH3 is 1. The molecule has 2 N–H and O–H groups in total. The van der Waals surface area contributed by atoms with Crippen LogP contribution in [-0.2, 0) is 16.1 Å². The standard InChI is InChI=1S/C18H18N2O5/c1-24-13-5-2-6-14(10-13)25-15-12(4-3-9-19-15)11-20-16(21)18(7-8-18)17(22)23/h2-6,9-10H,7-8,11H2,1H3,(H,20,21)(H,22,23). The maximum absolute atomic E-state index is 12.1. The quantitative estimate of drug-likeness (QED) is 0.750. The van der Waals surface area contributed by atoms with Gasteiger partial charge in [0.25, 0.3) is 0 Å². The number of hydrogen-bond acceptors (Lipinski definition) is 5. The Hall–Kier alpha value is -3.09. The summed E-state index contributed by atoms with van der Waals surface area (Å²) in [5, 5.41) is 11.8. The number of aliphatic carboxylic acids is 1. The molecule has 1 fully saturated rings. The minimum atomic E-state index is -1.27. The van der Waals surface area contributed by atoms with Crippen molar-refractivity contribution in [2.24, 2.45) is 5.41 Å². The molecular weight excluding hydrogens is 324 g/mol. The summed E-state index contributed by atoms with van der Waals surface area (Å²) in [6.07, 6.45) is 2.32. The second kappa shape index (κ2) is 6.80. The third kappa shape index (κ3) is 3.55. The number of rotatable bonds is 7. The third-order valence-electron chi connectivity index (χ3n) is 4.14. The van der Waals surface area contributed by atoms with Crippen molar-refractivity contribution in [3.05, 3.63) is 48.2 Å². The maximum Gasteiger partial charge on any atom is 0.319 e. The van der Waals surface area contributed by atoms with Gasteiger partial charge in [-0.1, -0.05) is 12.1 Å². The van der Waals surface area contributed by atoms with E-state index < -0.39 is 17.3 Å². The van der Waals surface area contributed by atoms with E-state index in [-0.39, 0.29) is 6.54 Å². The summed E-state index contributed by atoms with van der Waals surface area (Å²) in [5.74, 6) is -0.00769. The van der Waals surface area contributed by atoms with Crippen LogP contribution >= 0.6 is 0 Å². The van der Waals surface area contributed by atoms with Crippen molar-refractivity contribution in [3.8, 4) is 17.4 Å². The lowest BCUT2D eigenvalue weighted by molar-refractivity contribution is -0.149. The first-order valence-electron chi connectivity index (χ1n) is 7.83. The van der Waals surface area contributed by atoms with Crippen LogP contribution in [0.15, 0.2) is 42.6 Å². The van der Waals surface area contributed by atoms with Crippen molar-refractivity contribution >= 4 is 11.9 Å². The van der Waals surface area contributed by atoms with E-state index in [1.165, 1.54) is 0 Å². The minimum Gasteiger partial charge on any atom is -0.497 e. The number of amides is 1. The van der Waals surface area contributed by atoms with Crippen LogP contribution in [0.1, 0.15) is 18.4 Å². The lowest BCUT2D eigenvalue weighted by Gasteiger charge is -2.13. The molecule has 1 aromatic heterocycles. The molecule has 0 radical (unpaired) electrons. The fraction of sp³-hybridized carbons (Fsp3) is 0.278. The zero-order valence-electron chi connectivity index (χ0n) is 13.7. The van der Waals surface area contributed by atoms with E-state index in [1.54, 1.807) is 49.7 Å². The monoisotopic (exact) mass is 342 g/mol. The van der Waals surface area contributed by atoms with Crippen LogP contribution in [0.4, 0.5) is 0 Å². The third-order valence-corrected chi connectivity index (χ3v) is 4.14. The summed E-state index contributed by atoms with van der Waals surface area (Å²) in [7, 11) is 1.57. The van der Waals surface area contributed by atoms with Crippen LogP contribution in [0.3, 0.4) is 0 Å². The highest BCUT2D eigenvalue weighted by Crippen LogP contribution is 2.46. The van der Waals surface area contributed by atoms with Crippen molar-refractivity contribution < 1.29 is 24.2 Å². The van der Waals surface area contributed by atoms with Gasteiger partial charge in [0.2, 0.25) is 11.8 Å². The lowest BCUT2D eigenvalue weighted by atomic mass is 10.1. The highest BCUT2D eigenvalue weighted by molar-refractivity contribution is 6.04. The molecule has 7 heteroatoms. The largest absolute Gasteiger partial charge is 0.497 e. The van der Waals surface area contributed by atoms with Gasteiger partial charge in [-0.2, -0.15) is 0 Å². The van der Waals surface area contributed by atoms with Crippen LogP contribution < -0.4 is 14.8 Å². The second-order valence-corrected chi connectivity index (χ2v) is 5.82. The van der Waals surface area contributed by atoms with E-state index in [1.807, 2.05) is 0 Å². The van der Waals surface area contributed by atoms with E-state index in [4.69, 9.17) is 14.6 Å². The van der Waals surface area contributed by atoms with E-state index >= 15 is 0 Å². The number of hydrogen-bond donors (Lipinski definition) is 2. The van der Waals surface area contributed by atoms with Gasteiger partial charge >= 0.3 is 5.97 Å². The van der Waals surface area contributed by atoms with E-state index in [0.717, 1.165) is 0 Å². The summed E-state index contributed by atoms with van der Waals surface area (Å²) >= 11 is 0. The number of aromatic nitrogens is 1. The Bertz CT molecular complexity index is 802. The number of carbonyl (C=O) groups excluding carboxylic acids is 1. The first-order chi connectivity index (χ1) is 12.0. The number of carboxylic acid groups (broad SMARTS) is 1. The molecular formula is C18H18N2O5. The summed E-state index contributed by atoms with van der Waals surface area (Å²) in [5.41, 5.74) is -0.615. The molecule has 1 aliphatic carbocycles. The molecule has 0 unspecified atom stereocenters. The van der Waals surface area contributed by atoms with Crippen molar-refractivity contribution in [2.75, 3.05) is 7.11 Å². The average molecular weight is 342 g/mol. The van der Waals surface area contributed by atoms with Crippen molar-refractivity contribution in [1.82, 2.24) is 10.3 Å². The summed E-state index contributed by atoms with van der Waals surface area (Å²) in [6, 6.07) is 10.6. The Morgan fingerprint density at radius 1 is 1.24 bits per heavy atom. The normalized spacial score (nSPS) is 14.4. The lowest BCUT2D eigenvalue weighted by Crippen LogP contribution is -2.36. The fourth-order valence-electron chi connectivity index (χ4n) is 2.43. The highest BCUT2D eigenvalue weighted by atomic mass is 16.5. The number of pyridine rings is 1. The SMILES string of the molecule is COc1cccc(Oc2ncccc2CNC(=O)C2(C(=O)O)CC2)c1. The molecule has 0 atom stereocenters. The number of ether oxygens (including phenoxy) is 2. The minimum absolute atomic E-state index is 0.140. The molecule has 1 saturated carbocycles. The van der Waals surface area contributed by atoms with E-state index in [0.29, 0.717) is 35.8 Å². The summed E-state index contributed by atoms with van der Waals surface area (Å²) in [4.78, 5) is 27.5. The van der Waals surface area contributed by atoms with Crippen LogP contribution in [0.2, 0.25) is 0 Å². The average Bonchev–Trinajstić information content (AvgIpc) is 3.43. The van der Waals surface area contributed by atoms with E-state index in [9.17, 15) is 9.59 Å². The van der Waals surface area contributed by atoms with Gasteiger partial charge in [0.05, 0.1) is 7.11 Å². The van der Waals surface area contributed by atoms with Gasteiger partial charge in [0.15, 0.2) is 0 Å². The van der Waals surface area contributed by atoms with Crippen LogP contribution in [0.25, 0.3) is 0 Å². The smallest absolute Gasteiger partial charge is 0.319 e. The molecule has 3 rings (SSSR count). The number of nitrogens with zero attached hydrogens (tertiary/aromatic N) is 1. The molecule has 1 heterocycles. The van der Waals surface area contributed by atoms with Gasteiger partial charge in [0, 0.05) is 24.4 Å². The van der Waals surface area contributed by atoms with Gasteiger partial charge in [-0.05, 0) is 31.0 Å². The number of benzene rings is 1. The second-order valence-electron chi connectivity index (χ2n) is 5.82. The molecule has 25 heavy (non-hydrogen) atoms. The summed E-state index contributed by atoms with van der Waals surface area (Å²) in [6.45, 7) is 0.140. The highest BCUT2D eigenvalue weighted by Gasteiger charge is 2.56. The zero-order chi connectivity index (χ0) is 17.9. The molecule has 0 bridgehead atoms. The molecule has 1 aromatic carbocycles. The first-order valence-corrected chi connectivity index (χ1v) is 7.83. The van der Waals surface area contributed by atoms with Crippen molar-refractivity contribution in [2.45, 2.75) is 19.4 Å². The van der Waals surface area contributed by atoms with Crippen molar-refractivity contribution in [3.63, 3.8) is 0 Å². The molecule has 0 saturated heterocycles. The number of carbonyl (C=O) groups is 2. The van der Waals surface area contributed by atoms with Crippen LogP contribution in [0.5, 0.6) is 17.4 Å². The predicted molar refractivity (Wildman–Crippen MR) is 88.5 cm³/mol. The summed E-state index contributed by atoms with van der Waals surface area (Å²) < 4.78 is 10.9. The van der Waals surface area contributed by atoms with Crippen LogP contribution in [-0.4, -0.2) is 29.1 Å². The Kier molecular flexibility index (Phi) is 4.56. The Labute approximate surface area is 144 Å². The van der Waals surface area contributed by atoms with Crippen LogP contribution in [0, 0.1) is 5.41 Å². The molecule has 1 aliphatic rings. The molecule has 0 aliphatic heterocycles. The predicted octanol–water partition coefficient (Wildman–Crippen LogP) is 2.36. The number of nitrogens with one attached hydrogen (secondary N) is 1. The molecule has 2 aromatic rings. The molecule has 0 spiro atoms. The Morgan fingerprint density at radius 3 is 2.68 bits per heavy atom. The van der Waals surface area contributed by atoms with E-state index in [2.05, 4.69) is 10.3 Å².